The minimum absolute atomic E-state index is 0.0396. The third kappa shape index (κ3) is 3.69. The highest BCUT2D eigenvalue weighted by Gasteiger charge is 2.13. The molecule has 0 saturated heterocycles. The second-order valence-electron chi connectivity index (χ2n) is 6.54. The number of nitrogens with one attached hydrogen (secondary N) is 1. The van der Waals surface area contributed by atoms with Gasteiger partial charge in [0.1, 0.15) is 11.6 Å². The van der Waals surface area contributed by atoms with Gasteiger partial charge in [0, 0.05) is 23.9 Å². The molecule has 0 saturated carbocycles. The van der Waals surface area contributed by atoms with Crippen LogP contribution in [-0.4, -0.2) is 29.6 Å². The van der Waals surface area contributed by atoms with E-state index in [1.54, 1.807) is 16.8 Å². The average molecular weight is 381 g/mol. The largest absolute Gasteiger partial charge is 0.493 e. The van der Waals surface area contributed by atoms with Gasteiger partial charge in [-0.2, -0.15) is 5.10 Å². The molecule has 0 fully saturated rings. The number of nitrogens with zero attached hydrogens (tertiary/aromatic N) is 2. The Morgan fingerprint density at radius 3 is 3.04 bits per heavy atom. The second kappa shape index (κ2) is 7.72. The van der Waals surface area contributed by atoms with E-state index in [0.717, 1.165) is 36.4 Å². The topological polar surface area (TPSA) is 65.4 Å². The average Bonchev–Trinajstić information content (AvgIpc) is 3.23. The second-order valence-corrected chi connectivity index (χ2v) is 6.54. The molecule has 0 spiro atoms. The van der Waals surface area contributed by atoms with Crippen molar-refractivity contribution in [3.05, 3.63) is 65.6 Å². The van der Waals surface area contributed by atoms with E-state index in [1.165, 1.54) is 18.7 Å². The summed E-state index contributed by atoms with van der Waals surface area (Å²) in [6.45, 7) is 0.799. The number of carbonyl (C=O) groups is 1. The number of methoxy groups -OCH3 is 1. The number of halogens is 1. The summed E-state index contributed by atoms with van der Waals surface area (Å²) in [5.41, 5.74) is 3.98. The van der Waals surface area contributed by atoms with Gasteiger partial charge in [0.25, 0.3) is 0 Å². The van der Waals surface area contributed by atoms with Crippen LogP contribution in [0.25, 0.3) is 16.9 Å². The van der Waals surface area contributed by atoms with E-state index < -0.39 is 11.9 Å². The lowest BCUT2D eigenvalue weighted by Crippen LogP contribution is -2.22. The number of fused-ring (bicyclic) bond motifs is 1. The molecule has 28 heavy (non-hydrogen) atoms. The maximum atomic E-state index is 14.0. The van der Waals surface area contributed by atoms with E-state index in [2.05, 4.69) is 21.2 Å². The molecule has 1 aliphatic rings. The summed E-state index contributed by atoms with van der Waals surface area (Å²) < 4.78 is 26.0. The van der Waals surface area contributed by atoms with Crippen LogP contribution in [0.4, 0.5) is 9.18 Å². The Hall–Kier alpha value is -3.35. The van der Waals surface area contributed by atoms with Gasteiger partial charge >= 0.3 is 6.09 Å². The molecule has 1 amide bonds. The Morgan fingerprint density at radius 2 is 2.18 bits per heavy atom. The van der Waals surface area contributed by atoms with Crippen molar-refractivity contribution < 1.29 is 18.7 Å². The van der Waals surface area contributed by atoms with Crippen molar-refractivity contribution in [3.8, 4) is 22.7 Å². The summed E-state index contributed by atoms with van der Waals surface area (Å²) in [6.07, 6.45) is 3.27. The van der Waals surface area contributed by atoms with Crippen LogP contribution in [0.15, 0.2) is 48.7 Å². The molecule has 144 valence electrons. The third-order valence-electron chi connectivity index (χ3n) is 4.70. The molecule has 0 unspecified atom stereocenters. The molecule has 1 aromatic heterocycles. The number of aryl methyl sites for hydroxylation is 1. The van der Waals surface area contributed by atoms with Gasteiger partial charge in [-0.15, -0.1) is 0 Å². The van der Waals surface area contributed by atoms with E-state index in [9.17, 15) is 9.18 Å². The van der Waals surface area contributed by atoms with Gasteiger partial charge in [-0.1, -0.05) is 0 Å². The van der Waals surface area contributed by atoms with Gasteiger partial charge in [0.2, 0.25) is 0 Å². The molecule has 1 N–H and O–H groups in total. The quantitative estimate of drug-likeness (QED) is 0.745. The predicted octanol–water partition coefficient (Wildman–Crippen LogP) is 3.86. The van der Waals surface area contributed by atoms with E-state index in [4.69, 9.17) is 4.74 Å². The molecule has 2 aromatic carbocycles. The van der Waals surface area contributed by atoms with Crippen molar-refractivity contribution in [3.63, 3.8) is 0 Å². The standard InChI is InChI=1S/C21H20FN3O3/c1-27-21(26)23-13-16-11-14(4-6-18(16)22)19-8-9-25(24-19)17-5-7-20-15(12-17)3-2-10-28-20/h4-9,11-12H,2-3,10,13H2,1H3,(H,23,26). The number of alkyl carbamates (subject to hydrolysis) is 1. The van der Waals surface area contributed by atoms with Gasteiger partial charge in [0.05, 0.1) is 25.1 Å². The zero-order valence-corrected chi connectivity index (χ0v) is 15.4. The minimum atomic E-state index is -0.606. The summed E-state index contributed by atoms with van der Waals surface area (Å²) in [4.78, 5) is 11.2. The van der Waals surface area contributed by atoms with Crippen molar-refractivity contribution in [1.82, 2.24) is 15.1 Å². The number of amides is 1. The lowest BCUT2D eigenvalue weighted by molar-refractivity contribution is 0.170. The summed E-state index contributed by atoms with van der Waals surface area (Å²) >= 11 is 0. The zero-order chi connectivity index (χ0) is 19.5. The number of carbonyl (C=O) groups excluding carboxylic acids is 1. The van der Waals surface area contributed by atoms with Crippen LogP contribution in [0, 0.1) is 5.82 Å². The summed E-state index contributed by atoms with van der Waals surface area (Å²) in [7, 11) is 1.27. The molecular weight excluding hydrogens is 361 g/mol. The Kier molecular flexibility index (Phi) is 4.97. The van der Waals surface area contributed by atoms with Gasteiger partial charge in [0.15, 0.2) is 0 Å². The minimum Gasteiger partial charge on any atom is -0.493 e. The van der Waals surface area contributed by atoms with Crippen LogP contribution in [0.2, 0.25) is 0 Å². The van der Waals surface area contributed by atoms with Gasteiger partial charge < -0.3 is 14.8 Å². The van der Waals surface area contributed by atoms with E-state index >= 15 is 0 Å². The number of hydrogen-bond acceptors (Lipinski definition) is 4. The fourth-order valence-corrected chi connectivity index (χ4v) is 3.22. The fraction of sp³-hybridized carbons (Fsp3) is 0.238. The van der Waals surface area contributed by atoms with Crippen LogP contribution in [0.1, 0.15) is 17.5 Å². The number of ether oxygens (including phenoxy) is 2. The smallest absolute Gasteiger partial charge is 0.407 e. The van der Waals surface area contributed by atoms with E-state index in [1.807, 2.05) is 24.4 Å². The maximum Gasteiger partial charge on any atom is 0.407 e. The Labute approximate surface area is 161 Å². The highest BCUT2D eigenvalue weighted by Crippen LogP contribution is 2.28. The molecule has 0 bridgehead atoms. The monoisotopic (exact) mass is 381 g/mol. The number of rotatable bonds is 4. The fourth-order valence-electron chi connectivity index (χ4n) is 3.22. The van der Waals surface area contributed by atoms with Crippen molar-refractivity contribution in [2.45, 2.75) is 19.4 Å². The molecule has 4 rings (SSSR count). The first-order valence-electron chi connectivity index (χ1n) is 9.06. The highest BCUT2D eigenvalue weighted by atomic mass is 19.1. The molecule has 1 aliphatic heterocycles. The summed E-state index contributed by atoms with van der Waals surface area (Å²) in [5.74, 6) is 0.540. The van der Waals surface area contributed by atoms with Crippen molar-refractivity contribution in [1.29, 1.82) is 0 Å². The van der Waals surface area contributed by atoms with Crippen LogP contribution in [-0.2, 0) is 17.7 Å². The number of aromatic nitrogens is 2. The first-order valence-corrected chi connectivity index (χ1v) is 9.06. The van der Waals surface area contributed by atoms with Crippen LogP contribution in [0.5, 0.6) is 5.75 Å². The molecule has 7 heteroatoms. The number of hydrogen-bond donors (Lipinski definition) is 1. The molecule has 3 aromatic rings. The molecule has 6 nitrogen and oxygen atoms in total. The van der Waals surface area contributed by atoms with Crippen LogP contribution >= 0.6 is 0 Å². The van der Waals surface area contributed by atoms with Gasteiger partial charge in [-0.3, -0.25) is 0 Å². The van der Waals surface area contributed by atoms with Crippen LogP contribution in [0.3, 0.4) is 0 Å². The number of benzene rings is 2. The van der Waals surface area contributed by atoms with E-state index in [-0.39, 0.29) is 6.54 Å². The maximum absolute atomic E-state index is 14.0. The molecule has 0 aliphatic carbocycles. The highest BCUT2D eigenvalue weighted by molar-refractivity contribution is 5.67. The molecule has 0 radical (unpaired) electrons. The van der Waals surface area contributed by atoms with Crippen LogP contribution < -0.4 is 10.1 Å². The summed E-state index contributed by atoms with van der Waals surface area (Å²) in [5, 5.41) is 7.11. The van der Waals surface area contributed by atoms with Crippen molar-refractivity contribution in [2.24, 2.45) is 0 Å². The first kappa shape index (κ1) is 18.0. The molecule has 2 heterocycles. The Bertz CT molecular complexity index is 1020. The summed E-state index contributed by atoms with van der Waals surface area (Å²) in [6, 6.07) is 12.6. The van der Waals surface area contributed by atoms with E-state index in [0.29, 0.717) is 11.3 Å². The first-order chi connectivity index (χ1) is 13.6. The molecular formula is C21H20FN3O3. The Morgan fingerprint density at radius 1 is 1.29 bits per heavy atom. The Balaban J connectivity index is 1.58. The predicted molar refractivity (Wildman–Crippen MR) is 102 cm³/mol. The SMILES string of the molecule is COC(=O)NCc1cc(-c2ccn(-c3ccc4c(c3)CCCO4)n2)ccc1F. The lowest BCUT2D eigenvalue weighted by atomic mass is 10.1. The van der Waals surface area contributed by atoms with Gasteiger partial charge in [-0.05, 0) is 60.9 Å². The van der Waals surface area contributed by atoms with Gasteiger partial charge in [-0.25, -0.2) is 13.9 Å². The lowest BCUT2D eigenvalue weighted by Gasteiger charge is -2.17. The van der Waals surface area contributed by atoms with Crippen molar-refractivity contribution >= 4 is 6.09 Å². The zero-order valence-electron chi connectivity index (χ0n) is 15.4. The molecule has 0 atom stereocenters. The normalized spacial score (nSPS) is 12.8. The van der Waals surface area contributed by atoms with Crippen molar-refractivity contribution in [2.75, 3.05) is 13.7 Å². The third-order valence-corrected chi connectivity index (χ3v) is 4.70.